The van der Waals surface area contributed by atoms with Crippen molar-refractivity contribution in [1.82, 2.24) is 0 Å². The Morgan fingerprint density at radius 3 is 2.68 bits per heavy atom. The summed E-state index contributed by atoms with van der Waals surface area (Å²) < 4.78 is 11.3. The number of fused-ring (bicyclic) bond motifs is 1. The molecule has 3 heteroatoms. The highest BCUT2D eigenvalue weighted by Crippen LogP contribution is 2.44. The fourth-order valence-electron chi connectivity index (χ4n) is 3.26. The zero-order valence-electron chi connectivity index (χ0n) is 11.8. The first-order valence-electron chi connectivity index (χ1n) is 7.20. The standard InChI is InChI=1S/C16H23NO2/c1-16(2)6-5-13(17)12(10-16)11-3-4-14-15(9-11)19-8-7-18-14/h3-4,9,12-13H,5-8,10,17H2,1-2H3. The third-order valence-corrected chi connectivity index (χ3v) is 4.44. The van der Waals surface area contributed by atoms with Gasteiger partial charge in [-0.25, -0.2) is 0 Å². The van der Waals surface area contributed by atoms with Crippen LogP contribution in [0.15, 0.2) is 18.2 Å². The topological polar surface area (TPSA) is 44.5 Å². The Kier molecular flexibility index (Phi) is 3.17. The summed E-state index contributed by atoms with van der Waals surface area (Å²) in [6.45, 7) is 5.95. The third kappa shape index (κ3) is 2.57. The lowest BCUT2D eigenvalue weighted by molar-refractivity contribution is 0.170. The van der Waals surface area contributed by atoms with Gasteiger partial charge in [-0.2, -0.15) is 0 Å². The molecule has 1 aliphatic carbocycles. The molecule has 104 valence electrons. The minimum Gasteiger partial charge on any atom is -0.486 e. The molecule has 2 N–H and O–H groups in total. The van der Waals surface area contributed by atoms with Gasteiger partial charge in [0.05, 0.1) is 0 Å². The van der Waals surface area contributed by atoms with Crippen molar-refractivity contribution < 1.29 is 9.47 Å². The van der Waals surface area contributed by atoms with Crippen molar-refractivity contribution in [2.45, 2.75) is 45.1 Å². The SMILES string of the molecule is CC1(C)CCC(N)C(c2ccc3c(c2)OCCO3)C1. The van der Waals surface area contributed by atoms with E-state index in [0.717, 1.165) is 24.3 Å². The smallest absolute Gasteiger partial charge is 0.161 e. The molecule has 1 saturated carbocycles. The summed E-state index contributed by atoms with van der Waals surface area (Å²) in [5.41, 5.74) is 8.01. The molecule has 0 aromatic heterocycles. The van der Waals surface area contributed by atoms with Crippen molar-refractivity contribution in [3.63, 3.8) is 0 Å². The Labute approximate surface area is 115 Å². The lowest BCUT2D eigenvalue weighted by Gasteiger charge is -2.39. The van der Waals surface area contributed by atoms with Crippen LogP contribution in [0, 0.1) is 5.41 Å². The van der Waals surface area contributed by atoms with Crippen molar-refractivity contribution in [2.24, 2.45) is 11.1 Å². The van der Waals surface area contributed by atoms with E-state index in [-0.39, 0.29) is 6.04 Å². The number of ether oxygens (including phenoxy) is 2. The molecule has 2 unspecified atom stereocenters. The molecule has 19 heavy (non-hydrogen) atoms. The highest BCUT2D eigenvalue weighted by molar-refractivity contribution is 5.45. The lowest BCUT2D eigenvalue weighted by atomic mass is 9.68. The summed E-state index contributed by atoms with van der Waals surface area (Å²) in [5, 5.41) is 0. The normalized spacial score (nSPS) is 29.0. The molecule has 3 rings (SSSR count). The van der Waals surface area contributed by atoms with Crippen molar-refractivity contribution in [2.75, 3.05) is 13.2 Å². The molecule has 1 aromatic carbocycles. The van der Waals surface area contributed by atoms with Crippen LogP contribution in [0.25, 0.3) is 0 Å². The summed E-state index contributed by atoms with van der Waals surface area (Å²) in [6.07, 6.45) is 3.47. The van der Waals surface area contributed by atoms with E-state index in [9.17, 15) is 0 Å². The average Bonchev–Trinajstić information content (AvgIpc) is 2.41. The fraction of sp³-hybridized carbons (Fsp3) is 0.625. The molecule has 1 heterocycles. The van der Waals surface area contributed by atoms with E-state index < -0.39 is 0 Å². The molecule has 0 radical (unpaired) electrons. The molecular formula is C16H23NO2. The molecule has 0 bridgehead atoms. The van der Waals surface area contributed by atoms with Gasteiger partial charge in [0.25, 0.3) is 0 Å². The van der Waals surface area contributed by atoms with E-state index in [0.29, 0.717) is 24.5 Å². The van der Waals surface area contributed by atoms with Gasteiger partial charge in [0.1, 0.15) is 13.2 Å². The van der Waals surface area contributed by atoms with Crippen LogP contribution in [-0.2, 0) is 0 Å². The van der Waals surface area contributed by atoms with E-state index in [1.54, 1.807) is 0 Å². The maximum absolute atomic E-state index is 6.34. The highest BCUT2D eigenvalue weighted by Gasteiger charge is 2.34. The Bertz CT molecular complexity index is 470. The molecule has 2 aliphatic rings. The summed E-state index contributed by atoms with van der Waals surface area (Å²) in [5.74, 6) is 2.16. The zero-order valence-corrected chi connectivity index (χ0v) is 11.8. The van der Waals surface area contributed by atoms with E-state index >= 15 is 0 Å². The van der Waals surface area contributed by atoms with E-state index in [1.807, 2.05) is 6.07 Å². The molecule has 3 nitrogen and oxygen atoms in total. The fourth-order valence-corrected chi connectivity index (χ4v) is 3.26. The zero-order chi connectivity index (χ0) is 13.5. The van der Waals surface area contributed by atoms with Gasteiger partial charge in [0.15, 0.2) is 11.5 Å². The minimum absolute atomic E-state index is 0.260. The average molecular weight is 261 g/mol. The monoisotopic (exact) mass is 261 g/mol. The summed E-state index contributed by atoms with van der Waals surface area (Å²) in [7, 11) is 0. The largest absolute Gasteiger partial charge is 0.486 e. The maximum Gasteiger partial charge on any atom is 0.161 e. The highest BCUT2D eigenvalue weighted by atomic mass is 16.6. The quantitative estimate of drug-likeness (QED) is 0.845. The van der Waals surface area contributed by atoms with Gasteiger partial charge >= 0.3 is 0 Å². The minimum atomic E-state index is 0.260. The third-order valence-electron chi connectivity index (χ3n) is 4.44. The van der Waals surface area contributed by atoms with Crippen molar-refractivity contribution in [3.05, 3.63) is 23.8 Å². The summed E-state index contributed by atoms with van der Waals surface area (Å²) in [6, 6.07) is 6.56. The number of hydrogen-bond donors (Lipinski definition) is 1. The predicted molar refractivity (Wildman–Crippen MR) is 75.8 cm³/mol. The first-order valence-corrected chi connectivity index (χ1v) is 7.20. The van der Waals surface area contributed by atoms with Crippen LogP contribution in [0.3, 0.4) is 0 Å². The van der Waals surface area contributed by atoms with Crippen LogP contribution in [-0.4, -0.2) is 19.3 Å². The van der Waals surface area contributed by atoms with E-state index in [2.05, 4.69) is 26.0 Å². The number of benzene rings is 1. The second-order valence-corrected chi connectivity index (χ2v) is 6.58. The Hall–Kier alpha value is -1.22. The van der Waals surface area contributed by atoms with Crippen LogP contribution in [0.4, 0.5) is 0 Å². The first kappa shape index (κ1) is 12.8. The van der Waals surface area contributed by atoms with Crippen LogP contribution in [0.5, 0.6) is 11.5 Å². The molecule has 0 amide bonds. The summed E-state index contributed by atoms with van der Waals surface area (Å²) in [4.78, 5) is 0. The maximum atomic E-state index is 6.34. The van der Waals surface area contributed by atoms with E-state index in [4.69, 9.17) is 15.2 Å². The van der Waals surface area contributed by atoms with Gasteiger partial charge in [-0.1, -0.05) is 19.9 Å². The Morgan fingerprint density at radius 2 is 1.89 bits per heavy atom. The number of nitrogens with two attached hydrogens (primary N) is 1. The van der Waals surface area contributed by atoms with E-state index in [1.165, 1.54) is 12.0 Å². The van der Waals surface area contributed by atoms with Gasteiger partial charge in [0, 0.05) is 6.04 Å². The van der Waals surface area contributed by atoms with Crippen LogP contribution < -0.4 is 15.2 Å². The van der Waals surface area contributed by atoms with Crippen LogP contribution in [0.2, 0.25) is 0 Å². The van der Waals surface area contributed by atoms with Crippen molar-refractivity contribution in [3.8, 4) is 11.5 Å². The lowest BCUT2D eigenvalue weighted by Crippen LogP contribution is -2.37. The van der Waals surface area contributed by atoms with Gasteiger partial charge in [-0.15, -0.1) is 0 Å². The Morgan fingerprint density at radius 1 is 1.16 bits per heavy atom. The van der Waals surface area contributed by atoms with Crippen LogP contribution >= 0.6 is 0 Å². The first-order chi connectivity index (χ1) is 9.05. The Balaban J connectivity index is 1.88. The molecule has 0 saturated heterocycles. The summed E-state index contributed by atoms with van der Waals surface area (Å²) >= 11 is 0. The number of rotatable bonds is 1. The molecular weight excluding hydrogens is 238 g/mol. The second-order valence-electron chi connectivity index (χ2n) is 6.58. The van der Waals surface area contributed by atoms with Crippen LogP contribution in [0.1, 0.15) is 44.6 Å². The number of hydrogen-bond acceptors (Lipinski definition) is 3. The van der Waals surface area contributed by atoms with Crippen molar-refractivity contribution in [1.29, 1.82) is 0 Å². The van der Waals surface area contributed by atoms with Gasteiger partial charge in [-0.3, -0.25) is 0 Å². The molecule has 1 aromatic rings. The van der Waals surface area contributed by atoms with Gasteiger partial charge in [0.2, 0.25) is 0 Å². The molecule has 2 atom stereocenters. The van der Waals surface area contributed by atoms with Gasteiger partial charge < -0.3 is 15.2 Å². The van der Waals surface area contributed by atoms with Gasteiger partial charge in [-0.05, 0) is 48.3 Å². The molecule has 1 aliphatic heterocycles. The predicted octanol–water partition coefficient (Wildman–Crippen LogP) is 3.08. The van der Waals surface area contributed by atoms with Crippen molar-refractivity contribution >= 4 is 0 Å². The second kappa shape index (κ2) is 4.71. The molecule has 0 spiro atoms. The molecule has 1 fully saturated rings.